The number of carbonyl (C=O) groups is 1. The number of Topliss-reactive ketones (excluding diaryl/α,β-unsaturated/α-hetero) is 1. The second-order valence-corrected chi connectivity index (χ2v) is 6.10. The molecule has 21 heavy (non-hydrogen) atoms. The van der Waals surface area contributed by atoms with Gasteiger partial charge in [0.25, 0.3) is 0 Å². The van der Waals surface area contributed by atoms with E-state index in [1.807, 2.05) is 36.6 Å². The van der Waals surface area contributed by atoms with Crippen molar-refractivity contribution in [3.8, 4) is 5.75 Å². The van der Waals surface area contributed by atoms with Gasteiger partial charge in [-0.1, -0.05) is 18.2 Å². The van der Waals surface area contributed by atoms with Crippen LogP contribution in [0.2, 0.25) is 0 Å². The van der Waals surface area contributed by atoms with Gasteiger partial charge in [-0.25, -0.2) is 0 Å². The van der Waals surface area contributed by atoms with Crippen molar-refractivity contribution in [1.29, 1.82) is 0 Å². The summed E-state index contributed by atoms with van der Waals surface area (Å²) in [7, 11) is 0. The molecular weight excluding hydrogens is 280 g/mol. The smallest absolute Gasteiger partial charge is 0.200 e. The van der Waals surface area contributed by atoms with Crippen LogP contribution in [0.3, 0.4) is 0 Å². The molecule has 0 bridgehead atoms. The van der Waals surface area contributed by atoms with E-state index in [1.165, 1.54) is 17.5 Å². The van der Waals surface area contributed by atoms with Gasteiger partial charge in [-0.05, 0) is 60.9 Å². The molecule has 0 heterocycles. The molecule has 2 nitrogen and oxygen atoms in total. The maximum atomic E-state index is 12.1. The van der Waals surface area contributed by atoms with Crippen LogP contribution in [-0.4, -0.2) is 18.6 Å². The lowest BCUT2D eigenvalue weighted by atomic mass is 10.1. The van der Waals surface area contributed by atoms with Crippen molar-refractivity contribution in [3.63, 3.8) is 0 Å². The lowest BCUT2D eigenvalue weighted by Crippen LogP contribution is -2.11. The summed E-state index contributed by atoms with van der Waals surface area (Å²) in [6.45, 7) is 0.0946. The second-order valence-electron chi connectivity index (χ2n) is 5.22. The number of carbonyl (C=O) groups excluding carboxylic acids is 1. The van der Waals surface area contributed by atoms with Crippen molar-refractivity contribution in [2.75, 3.05) is 12.9 Å². The lowest BCUT2D eigenvalue weighted by molar-refractivity contribution is 0.0921. The molecule has 0 N–H and O–H groups in total. The number of ketones is 1. The minimum absolute atomic E-state index is 0.0168. The average molecular weight is 298 g/mol. The second kappa shape index (κ2) is 6.35. The van der Waals surface area contributed by atoms with E-state index >= 15 is 0 Å². The topological polar surface area (TPSA) is 26.3 Å². The van der Waals surface area contributed by atoms with Gasteiger partial charge in [-0.2, -0.15) is 0 Å². The zero-order valence-corrected chi connectivity index (χ0v) is 12.9. The van der Waals surface area contributed by atoms with Gasteiger partial charge in [0.1, 0.15) is 5.75 Å². The minimum Gasteiger partial charge on any atom is -0.485 e. The fourth-order valence-corrected chi connectivity index (χ4v) is 3.06. The number of fused-ring (bicyclic) bond motifs is 1. The van der Waals surface area contributed by atoms with E-state index in [0.717, 1.165) is 23.5 Å². The molecular formula is C18H18O2S. The van der Waals surface area contributed by atoms with Crippen LogP contribution in [0.4, 0.5) is 0 Å². The molecule has 0 aliphatic heterocycles. The van der Waals surface area contributed by atoms with Gasteiger partial charge >= 0.3 is 0 Å². The normalized spacial score (nSPS) is 13.0. The summed E-state index contributed by atoms with van der Waals surface area (Å²) in [5.74, 6) is 0.813. The first kappa shape index (κ1) is 14.2. The summed E-state index contributed by atoms with van der Waals surface area (Å²) in [4.78, 5) is 13.3. The van der Waals surface area contributed by atoms with E-state index in [-0.39, 0.29) is 12.4 Å². The quantitative estimate of drug-likeness (QED) is 0.612. The molecule has 0 spiro atoms. The van der Waals surface area contributed by atoms with Crippen molar-refractivity contribution in [3.05, 3.63) is 59.2 Å². The third kappa shape index (κ3) is 3.30. The number of hydrogen-bond donors (Lipinski definition) is 0. The third-order valence-electron chi connectivity index (χ3n) is 3.85. The molecule has 3 rings (SSSR count). The molecule has 108 valence electrons. The maximum Gasteiger partial charge on any atom is 0.200 e. The van der Waals surface area contributed by atoms with Crippen LogP contribution in [0.15, 0.2) is 47.4 Å². The van der Waals surface area contributed by atoms with Gasteiger partial charge in [0.05, 0.1) is 0 Å². The van der Waals surface area contributed by atoms with E-state index in [0.29, 0.717) is 5.56 Å². The number of aryl methyl sites for hydroxylation is 2. The Hall–Kier alpha value is -1.74. The fraction of sp³-hybridized carbons (Fsp3) is 0.278. The fourth-order valence-electron chi connectivity index (χ4n) is 2.65. The Labute approximate surface area is 129 Å². The number of thioether (sulfide) groups is 1. The van der Waals surface area contributed by atoms with E-state index in [2.05, 4.69) is 12.1 Å². The molecule has 2 aromatic carbocycles. The molecule has 0 unspecified atom stereocenters. The highest BCUT2D eigenvalue weighted by molar-refractivity contribution is 7.98. The predicted molar refractivity (Wildman–Crippen MR) is 86.5 cm³/mol. The Balaban J connectivity index is 1.62. The van der Waals surface area contributed by atoms with E-state index in [1.54, 1.807) is 11.8 Å². The Morgan fingerprint density at radius 3 is 2.62 bits per heavy atom. The van der Waals surface area contributed by atoms with Crippen molar-refractivity contribution >= 4 is 17.5 Å². The van der Waals surface area contributed by atoms with Crippen LogP contribution in [0, 0.1) is 0 Å². The van der Waals surface area contributed by atoms with Crippen molar-refractivity contribution in [2.45, 2.75) is 24.2 Å². The Kier molecular flexibility index (Phi) is 4.30. The monoisotopic (exact) mass is 298 g/mol. The van der Waals surface area contributed by atoms with E-state index in [4.69, 9.17) is 4.74 Å². The Morgan fingerprint density at radius 2 is 1.86 bits per heavy atom. The van der Waals surface area contributed by atoms with Crippen LogP contribution in [0.5, 0.6) is 5.75 Å². The van der Waals surface area contributed by atoms with E-state index in [9.17, 15) is 4.79 Å². The Bertz CT molecular complexity index is 647. The summed E-state index contributed by atoms with van der Waals surface area (Å²) >= 11 is 1.67. The van der Waals surface area contributed by atoms with Gasteiger partial charge in [0.15, 0.2) is 12.4 Å². The molecule has 1 aliphatic rings. The standard InChI is InChI=1S/C18H18O2S/c1-21-17-9-6-14(7-10-17)18(19)12-20-16-8-5-13-3-2-4-15(13)11-16/h5-11H,2-4,12H2,1H3. The molecule has 0 aromatic heterocycles. The third-order valence-corrected chi connectivity index (χ3v) is 4.60. The molecule has 0 amide bonds. The predicted octanol–water partition coefficient (Wildman–Crippen LogP) is 4.16. The highest BCUT2D eigenvalue weighted by atomic mass is 32.2. The van der Waals surface area contributed by atoms with Crippen LogP contribution >= 0.6 is 11.8 Å². The molecule has 0 fully saturated rings. The number of ether oxygens (including phenoxy) is 1. The molecule has 3 heteroatoms. The first-order valence-corrected chi connectivity index (χ1v) is 8.40. The minimum atomic E-state index is 0.0168. The summed E-state index contributed by atoms with van der Waals surface area (Å²) in [5.41, 5.74) is 3.49. The Morgan fingerprint density at radius 1 is 1.10 bits per heavy atom. The average Bonchev–Trinajstić information content (AvgIpc) is 3.00. The zero-order chi connectivity index (χ0) is 14.7. The summed E-state index contributed by atoms with van der Waals surface area (Å²) in [6, 6.07) is 13.8. The summed E-state index contributed by atoms with van der Waals surface area (Å²) in [6.07, 6.45) is 5.53. The van der Waals surface area contributed by atoms with Crippen LogP contribution in [0.25, 0.3) is 0 Å². The van der Waals surface area contributed by atoms with Crippen molar-refractivity contribution < 1.29 is 9.53 Å². The van der Waals surface area contributed by atoms with E-state index < -0.39 is 0 Å². The summed E-state index contributed by atoms with van der Waals surface area (Å²) in [5, 5.41) is 0. The molecule has 2 aromatic rings. The van der Waals surface area contributed by atoms with Gasteiger partial charge in [0.2, 0.25) is 0 Å². The van der Waals surface area contributed by atoms with Crippen LogP contribution in [0.1, 0.15) is 27.9 Å². The maximum absolute atomic E-state index is 12.1. The molecule has 0 saturated carbocycles. The van der Waals surface area contributed by atoms with Crippen LogP contribution < -0.4 is 4.74 Å². The number of hydrogen-bond acceptors (Lipinski definition) is 3. The number of benzene rings is 2. The summed E-state index contributed by atoms with van der Waals surface area (Å²) < 4.78 is 5.65. The molecule has 0 radical (unpaired) electrons. The lowest BCUT2D eigenvalue weighted by Gasteiger charge is -2.08. The molecule has 0 atom stereocenters. The zero-order valence-electron chi connectivity index (χ0n) is 12.1. The van der Waals surface area contributed by atoms with Gasteiger partial charge in [-0.15, -0.1) is 11.8 Å². The van der Waals surface area contributed by atoms with Gasteiger partial charge < -0.3 is 4.74 Å². The van der Waals surface area contributed by atoms with Gasteiger partial charge in [0, 0.05) is 10.5 Å². The van der Waals surface area contributed by atoms with Crippen LogP contribution in [-0.2, 0) is 12.8 Å². The first-order valence-electron chi connectivity index (χ1n) is 7.18. The van der Waals surface area contributed by atoms with Crippen molar-refractivity contribution in [1.82, 2.24) is 0 Å². The highest BCUT2D eigenvalue weighted by Crippen LogP contribution is 2.26. The SMILES string of the molecule is CSc1ccc(C(=O)COc2ccc3c(c2)CCC3)cc1. The highest BCUT2D eigenvalue weighted by Gasteiger charge is 2.12. The molecule has 1 aliphatic carbocycles. The molecule has 0 saturated heterocycles. The largest absolute Gasteiger partial charge is 0.485 e. The van der Waals surface area contributed by atoms with Crippen molar-refractivity contribution in [2.24, 2.45) is 0 Å². The van der Waals surface area contributed by atoms with Gasteiger partial charge in [-0.3, -0.25) is 4.79 Å². The number of rotatable bonds is 5. The first-order chi connectivity index (χ1) is 10.3.